The minimum absolute atomic E-state index is 0.493. The Hall–Kier alpha value is -1.07. The molecule has 4 nitrogen and oxygen atoms in total. The third-order valence-electron chi connectivity index (χ3n) is 2.27. The van der Waals surface area contributed by atoms with Gasteiger partial charge in [0.1, 0.15) is 0 Å². The van der Waals surface area contributed by atoms with Gasteiger partial charge in [-0.2, -0.15) is 0 Å². The van der Waals surface area contributed by atoms with E-state index in [1.54, 1.807) is 11.8 Å². The van der Waals surface area contributed by atoms with Crippen LogP contribution in [-0.2, 0) is 0 Å². The van der Waals surface area contributed by atoms with Gasteiger partial charge in [0.15, 0.2) is 10.8 Å². The molecule has 1 N–H and O–H groups in total. The molecule has 0 aliphatic carbocycles. The first-order valence-electron chi connectivity index (χ1n) is 5.48. The van der Waals surface area contributed by atoms with Crippen molar-refractivity contribution >= 4 is 17.4 Å². The molecule has 0 saturated carbocycles. The predicted octanol–water partition coefficient (Wildman–Crippen LogP) is 1.82. The van der Waals surface area contributed by atoms with Crippen molar-refractivity contribution in [2.24, 2.45) is 0 Å². The topological polar surface area (TPSA) is 42.2 Å². The van der Waals surface area contributed by atoms with Crippen LogP contribution in [0, 0.1) is 0 Å². The van der Waals surface area contributed by atoms with Gasteiger partial charge in [0.25, 0.3) is 0 Å². The lowest BCUT2D eigenvalue weighted by Gasteiger charge is -2.09. The van der Waals surface area contributed by atoms with E-state index in [1.165, 1.54) is 0 Å². The monoisotopic (exact) mass is 236 g/mol. The van der Waals surface area contributed by atoms with Gasteiger partial charge in [0.2, 0.25) is 0 Å². The van der Waals surface area contributed by atoms with E-state index in [-0.39, 0.29) is 0 Å². The highest BCUT2D eigenvalue weighted by Crippen LogP contribution is 2.21. The number of pyridine rings is 1. The summed E-state index contributed by atoms with van der Waals surface area (Å²) in [6.07, 6.45) is 2.00. The first-order chi connectivity index (χ1) is 7.81. The van der Waals surface area contributed by atoms with Crippen LogP contribution < -0.4 is 5.32 Å². The molecule has 0 aliphatic heterocycles. The van der Waals surface area contributed by atoms with Crippen LogP contribution in [-0.4, -0.2) is 32.9 Å². The minimum Gasteiger partial charge on any atom is -0.316 e. The van der Waals surface area contributed by atoms with Crippen molar-refractivity contribution in [1.29, 1.82) is 0 Å². The summed E-state index contributed by atoms with van der Waals surface area (Å²) in [6, 6.07) is 5.93. The maximum atomic E-state index is 4.19. The lowest BCUT2D eigenvalue weighted by molar-refractivity contribution is 0.710. The van der Waals surface area contributed by atoms with Gasteiger partial charge >= 0.3 is 0 Å². The van der Waals surface area contributed by atoms with Gasteiger partial charge < -0.3 is 5.32 Å². The molecule has 0 bridgehead atoms. The van der Waals surface area contributed by atoms with E-state index in [0.717, 1.165) is 23.9 Å². The zero-order valence-electron chi connectivity index (χ0n) is 9.55. The van der Waals surface area contributed by atoms with Gasteiger partial charge in [0, 0.05) is 18.0 Å². The Labute approximate surface area is 99.5 Å². The number of thioether (sulfide) groups is 1. The molecule has 2 aromatic rings. The minimum atomic E-state index is 0.493. The first-order valence-corrected chi connectivity index (χ1v) is 6.36. The Morgan fingerprint density at radius 1 is 1.44 bits per heavy atom. The number of hydrogen-bond acceptors (Lipinski definition) is 4. The van der Waals surface area contributed by atoms with Crippen LogP contribution in [0.5, 0.6) is 0 Å². The molecule has 0 saturated heterocycles. The molecule has 1 atom stereocenters. The second kappa shape index (κ2) is 5.32. The van der Waals surface area contributed by atoms with Crippen molar-refractivity contribution in [2.75, 3.05) is 13.1 Å². The second-order valence-electron chi connectivity index (χ2n) is 3.65. The molecule has 0 spiro atoms. The highest BCUT2D eigenvalue weighted by Gasteiger charge is 2.09. The first kappa shape index (κ1) is 11.4. The van der Waals surface area contributed by atoms with E-state index in [4.69, 9.17) is 0 Å². The Bertz CT molecular complexity index is 454. The Morgan fingerprint density at radius 3 is 3.12 bits per heavy atom. The number of nitrogens with one attached hydrogen (secondary N) is 1. The molecule has 2 aromatic heterocycles. The van der Waals surface area contributed by atoms with Crippen molar-refractivity contribution in [2.45, 2.75) is 24.3 Å². The SMILES string of the molecule is CCNCC(C)Sc1nnc2ccccn12. The highest BCUT2D eigenvalue weighted by molar-refractivity contribution is 7.99. The second-order valence-corrected chi connectivity index (χ2v) is 5.05. The molecular formula is C11H16N4S. The molecule has 5 heteroatoms. The molecule has 1 unspecified atom stereocenters. The number of nitrogens with zero attached hydrogens (tertiary/aromatic N) is 3. The summed E-state index contributed by atoms with van der Waals surface area (Å²) in [5.41, 5.74) is 0.903. The lowest BCUT2D eigenvalue weighted by Crippen LogP contribution is -2.22. The summed E-state index contributed by atoms with van der Waals surface area (Å²) in [5, 5.41) is 13.1. The summed E-state index contributed by atoms with van der Waals surface area (Å²) in [5.74, 6) is 0. The highest BCUT2D eigenvalue weighted by atomic mass is 32.2. The van der Waals surface area contributed by atoms with Crippen LogP contribution in [0.25, 0.3) is 5.65 Å². The third kappa shape index (κ3) is 2.54. The molecule has 0 amide bonds. The summed E-state index contributed by atoms with van der Waals surface area (Å²) in [6.45, 7) is 6.30. The largest absolute Gasteiger partial charge is 0.316 e. The fourth-order valence-corrected chi connectivity index (χ4v) is 2.39. The van der Waals surface area contributed by atoms with Crippen LogP contribution in [0.2, 0.25) is 0 Å². The van der Waals surface area contributed by atoms with Crippen LogP contribution in [0.15, 0.2) is 29.6 Å². The van der Waals surface area contributed by atoms with Gasteiger partial charge in [-0.15, -0.1) is 10.2 Å². The molecule has 2 rings (SSSR count). The molecule has 0 fully saturated rings. The molecule has 0 aliphatic rings. The molecular weight excluding hydrogens is 220 g/mol. The Kier molecular flexibility index (Phi) is 3.79. The third-order valence-corrected chi connectivity index (χ3v) is 3.33. The summed E-state index contributed by atoms with van der Waals surface area (Å²) in [7, 11) is 0. The smallest absolute Gasteiger partial charge is 0.195 e. The summed E-state index contributed by atoms with van der Waals surface area (Å²) < 4.78 is 2.02. The van der Waals surface area contributed by atoms with Crippen molar-refractivity contribution in [1.82, 2.24) is 19.9 Å². The van der Waals surface area contributed by atoms with E-state index < -0.39 is 0 Å². The normalized spacial score (nSPS) is 13.1. The number of fused-ring (bicyclic) bond motifs is 1. The van der Waals surface area contributed by atoms with Gasteiger partial charge in [-0.05, 0) is 18.7 Å². The van der Waals surface area contributed by atoms with Crippen molar-refractivity contribution in [3.05, 3.63) is 24.4 Å². The predicted molar refractivity (Wildman–Crippen MR) is 66.8 cm³/mol. The number of aromatic nitrogens is 3. The van der Waals surface area contributed by atoms with E-state index in [9.17, 15) is 0 Å². The number of rotatable bonds is 5. The van der Waals surface area contributed by atoms with Crippen molar-refractivity contribution in [3.63, 3.8) is 0 Å². The van der Waals surface area contributed by atoms with Crippen LogP contribution in [0.1, 0.15) is 13.8 Å². The zero-order chi connectivity index (χ0) is 11.4. The molecule has 0 radical (unpaired) electrons. The van der Waals surface area contributed by atoms with Gasteiger partial charge in [-0.1, -0.05) is 31.7 Å². The average molecular weight is 236 g/mol. The standard InChI is InChI=1S/C11H16N4S/c1-3-12-8-9(2)16-11-14-13-10-6-4-5-7-15(10)11/h4-7,9,12H,3,8H2,1-2H3. The summed E-state index contributed by atoms with van der Waals surface area (Å²) >= 11 is 1.75. The van der Waals surface area contributed by atoms with Crippen LogP contribution in [0.4, 0.5) is 0 Å². The van der Waals surface area contributed by atoms with E-state index in [2.05, 4.69) is 29.4 Å². The molecule has 0 aromatic carbocycles. The van der Waals surface area contributed by atoms with E-state index >= 15 is 0 Å². The van der Waals surface area contributed by atoms with E-state index in [0.29, 0.717) is 5.25 Å². The maximum Gasteiger partial charge on any atom is 0.195 e. The van der Waals surface area contributed by atoms with Gasteiger partial charge in [0.05, 0.1) is 0 Å². The molecule has 2 heterocycles. The quantitative estimate of drug-likeness (QED) is 0.804. The van der Waals surface area contributed by atoms with Crippen LogP contribution >= 0.6 is 11.8 Å². The lowest BCUT2D eigenvalue weighted by atomic mass is 10.5. The molecule has 86 valence electrons. The van der Waals surface area contributed by atoms with Gasteiger partial charge in [-0.3, -0.25) is 4.40 Å². The Balaban J connectivity index is 2.09. The maximum absolute atomic E-state index is 4.19. The number of hydrogen-bond donors (Lipinski definition) is 1. The van der Waals surface area contributed by atoms with Gasteiger partial charge in [-0.25, -0.2) is 0 Å². The van der Waals surface area contributed by atoms with E-state index in [1.807, 2.05) is 28.8 Å². The zero-order valence-corrected chi connectivity index (χ0v) is 10.4. The fraction of sp³-hybridized carbons (Fsp3) is 0.455. The van der Waals surface area contributed by atoms with Crippen LogP contribution in [0.3, 0.4) is 0 Å². The summed E-state index contributed by atoms with van der Waals surface area (Å²) in [4.78, 5) is 0. The molecule has 16 heavy (non-hydrogen) atoms. The Morgan fingerprint density at radius 2 is 2.31 bits per heavy atom. The average Bonchev–Trinajstić information content (AvgIpc) is 2.70. The fourth-order valence-electron chi connectivity index (χ4n) is 1.47. The van der Waals surface area contributed by atoms with Crippen molar-refractivity contribution in [3.8, 4) is 0 Å². The van der Waals surface area contributed by atoms with Crippen molar-refractivity contribution < 1.29 is 0 Å².